The lowest BCUT2D eigenvalue weighted by atomic mass is 10.1. The minimum Gasteiger partial charge on any atom is -0.390 e. The normalized spacial score (nSPS) is 22.9. The van der Waals surface area contributed by atoms with Gasteiger partial charge in [0.15, 0.2) is 0 Å². The van der Waals surface area contributed by atoms with Crippen LogP contribution in [0.5, 0.6) is 0 Å². The molecule has 2 saturated heterocycles. The van der Waals surface area contributed by atoms with Gasteiger partial charge in [-0.15, -0.1) is 0 Å². The molecule has 7 heteroatoms. The van der Waals surface area contributed by atoms with Crippen molar-refractivity contribution in [2.45, 2.75) is 12.7 Å². The number of hydrazine groups is 1. The van der Waals surface area contributed by atoms with Gasteiger partial charge in [-0.2, -0.15) is 0 Å². The third-order valence-corrected chi connectivity index (χ3v) is 4.73. The fourth-order valence-corrected chi connectivity index (χ4v) is 3.31. The standard InChI is InChI=1S/C18H28N4O3/c23-17-12-21(8-9-25-14-15-4-2-1-3-5-15)6-7-22(13-17)18(24)16-10-19-20-11-16/h1-5,16-17,19-20,23H,6-14H2. The maximum Gasteiger partial charge on any atom is 0.228 e. The summed E-state index contributed by atoms with van der Waals surface area (Å²) in [5.74, 6) is 0.0895. The Balaban J connectivity index is 1.40. The number of ether oxygens (including phenoxy) is 1. The van der Waals surface area contributed by atoms with Crippen LogP contribution in [0.15, 0.2) is 30.3 Å². The van der Waals surface area contributed by atoms with E-state index in [2.05, 4.69) is 15.8 Å². The molecule has 0 saturated carbocycles. The molecule has 1 aromatic rings. The molecule has 1 amide bonds. The van der Waals surface area contributed by atoms with Gasteiger partial charge in [0.05, 0.1) is 25.2 Å². The summed E-state index contributed by atoms with van der Waals surface area (Å²) in [6.45, 7) is 5.71. The van der Waals surface area contributed by atoms with Gasteiger partial charge in [-0.1, -0.05) is 30.3 Å². The Morgan fingerprint density at radius 3 is 2.68 bits per heavy atom. The van der Waals surface area contributed by atoms with E-state index in [1.807, 2.05) is 30.3 Å². The second-order valence-corrected chi connectivity index (χ2v) is 6.74. The van der Waals surface area contributed by atoms with Crippen molar-refractivity contribution in [2.24, 2.45) is 5.92 Å². The summed E-state index contributed by atoms with van der Waals surface area (Å²) in [6, 6.07) is 10.1. The fraction of sp³-hybridized carbons (Fsp3) is 0.611. The van der Waals surface area contributed by atoms with Crippen LogP contribution >= 0.6 is 0 Å². The molecule has 3 rings (SSSR count). The Bertz CT molecular complexity index is 536. The molecule has 138 valence electrons. The lowest BCUT2D eigenvalue weighted by molar-refractivity contribution is -0.135. The number of amides is 1. The predicted molar refractivity (Wildman–Crippen MR) is 94.6 cm³/mol. The molecule has 2 aliphatic heterocycles. The highest BCUT2D eigenvalue weighted by Gasteiger charge is 2.30. The number of carbonyl (C=O) groups is 1. The first-order valence-corrected chi connectivity index (χ1v) is 8.99. The number of carbonyl (C=O) groups excluding carboxylic acids is 1. The quantitative estimate of drug-likeness (QED) is 0.598. The van der Waals surface area contributed by atoms with E-state index in [-0.39, 0.29) is 11.8 Å². The van der Waals surface area contributed by atoms with Crippen molar-refractivity contribution in [2.75, 3.05) is 52.4 Å². The van der Waals surface area contributed by atoms with E-state index in [0.717, 1.165) is 18.7 Å². The van der Waals surface area contributed by atoms with Crippen LogP contribution in [0.3, 0.4) is 0 Å². The topological polar surface area (TPSA) is 77.1 Å². The molecular weight excluding hydrogens is 320 g/mol. The van der Waals surface area contributed by atoms with Crippen LogP contribution in [0.25, 0.3) is 0 Å². The molecule has 2 fully saturated rings. The van der Waals surface area contributed by atoms with Gasteiger partial charge in [-0.05, 0) is 5.56 Å². The van der Waals surface area contributed by atoms with E-state index < -0.39 is 6.10 Å². The summed E-state index contributed by atoms with van der Waals surface area (Å²) in [7, 11) is 0. The van der Waals surface area contributed by atoms with Gasteiger partial charge in [-0.3, -0.25) is 20.5 Å². The molecule has 0 aromatic heterocycles. The minimum atomic E-state index is -0.511. The van der Waals surface area contributed by atoms with E-state index in [0.29, 0.717) is 45.9 Å². The molecule has 1 atom stereocenters. The number of hydrogen-bond acceptors (Lipinski definition) is 6. The van der Waals surface area contributed by atoms with Gasteiger partial charge < -0.3 is 14.7 Å². The molecular formula is C18H28N4O3. The maximum atomic E-state index is 12.5. The molecule has 3 N–H and O–H groups in total. The van der Waals surface area contributed by atoms with Crippen LogP contribution < -0.4 is 10.9 Å². The number of rotatable bonds is 6. The van der Waals surface area contributed by atoms with Crippen molar-refractivity contribution in [1.29, 1.82) is 0 Å². The van der Waals surface area contributed by atoms with Crippen molar-refractivity contribution >= 4 is 5.91 Å². The molecule has 25 heavy (non-hydrogen) atoms. The van der Waals surface area contributed by atoms with Crippen molar-refractivity contribution in [3.8, 4) is 0 Å². The lowest BCUT2D eigenvalue weighted by Gasteiger charge is -2.24. The van der Waals surface area contributed by atoms with Gasteiger partial charge in [0, 0.05) is 45.8 Å². The summed E-state index contributed by atoms with van der Waals surface area (Å²) >= 11 is 0. The van der Waals surface area contributed by atoms with Crippen LogP contribution in [-0.4, -0.2) is 79.3 Å². The van der Waals surface area contributed by atoms with Gasteiger partial charge in [0.2, 0.25) is 5.91 Å². The van der Waals surface area contributed by atoms with Crippen LogP contribution in [-0.2, 0) is 16.1 Å². The maximum absolute atomic E-state index is 12.5. The molecule has 0 bridgehead atoms. The number of aliphatic hydroxyl groups excluding tert-OH is 1. The number of benzene rings is 1. The molecule has 1 aromatic carbocycles. The number of nitrogens with zero attached hydrogens (tertiary/aromatic N) is 2. The lowest BCUT2D eigenvalue weighted by Crippen LogP contribution is -2.42. The largest absolute Gasteiger partial charge is 0.390 e. The average molecular weight is 348 g/mol. The van der Waals surface area contributed by atoms with Crippen LogP contribution in [0.2, 0.25) is 0 Å². The Labute approximate surface area is 148 Å². The summed E-state index contributed by atoms with van der Waals surface area (Å²) < 4.78 is 5.73. The average Bonchev–Trinajstić information content (AvgIpc) is 3.10. The Kier molecular flexibility index (Phi) is 6.77. The van der Waals surface area contributed by atoms with Gasteiger partial charge in [-0.25, -0.2) is 0 Å². The highest BCUT2D eigenvalue weighted by molar-refractivity contribution is 5.79. The Morgan fingerprint density at radius 1 is 1.16 bits per heavy atom. The number of nitrogens with one attached hydrogen (secondary N) is 2. The zero-order valence-corrected chi connectivity index (χ0v) is 14.6. The number of aliphatic hydroxyl groups is 1. The van der Waals surface area contributed by atoms with Crippen molar-refractivity contribution in [3.05, 3.63) is 35.9 Å². The summed E-state index contributed by atoms with van der Waals surface area (Å²) in [5.41, 5.74) is 7.14. The first kappa shape index (κ1) is 18.3. The van der Waals surface area contributed by atoms with E-state index in [1.54, 1.807) is 4.90 Å². The van der Waals surface area contributed by atoms with Gasteiger partial charge in [0.25, 0.3) is 0 Å². The van der Waals surface area contributed by atoms with Crippen LogP contribution in [0, 0.1) is 5.92 Å². The third-order valence-electron chi connectivity index (χ3n) is 4.73. The van der Waals surface area contributed by atoms with Crippen LogP contribution in [0.4, 0.5) is 0 Å². The zero-order chi connectivity index (χ0) is 17.5. The highest BCUT2D eigenvalue weighted by Crippen LogP contribution is 2.10. The van der Waals surface area contributed by atoms with E-state index in [4.69, 9.17) is 4.74 Å². The SMILES string of the molecule is O=C(C1CNNC1)N1CCN(CCOCc2ccccc2)CC(O)C1. The van der Waals surface area contributed by atoms with E-state index >= 15 is 0 Å². The smallest absolute Gasteiger partial charge is 0.228 e. The van der Waals surface area contributed by atoms with Gasteiger partial charge in [0.1, 0.15) is 0 Å². The second kappa shape index (κ2) is 9.26. The van der Waals surface area contributed by atoms with E-state index in [1.165, 1.54) is 0 Å². The molecule has 1 unspecified atom stereocenters. The molecule has 0 radical (unpaired) electrons. The van der Waals surface area contributed by atoms with Gasteiger partial charge >= 0.3 is 0 Å². The third kappa shape index (κ3) is 5.49. The fourth-order valence-electron chi connectivity index (χ4n) is 3.31. The van der Waals surface area contributed by atoms with Crippen molar-refractivity contribution in [3.63, 3.8) is 0 Å². The minimum absolute atomic E-state index is 0.0343. The summed E-state index contributed by atoms with van der Waals surface area (Å²) in [6.07, 6.45) is -0.511. The van der Waals surface area contributed by atoms with E-state index in [9.17, 15) is 9.90 Å². The predicted octanol–water partition coefficient (Wildman–Crippen LogP) is -0.568. The monoisotopic (exact) mass is 348 g/mol. The van der Waals surface area contributed by atoms with Crippen molar-refractivity contribution in [1.82, 2.24) is 20.7 Å². The highest BCUT2D eigenvalue weighted by atomic mass is 16.5. The number of hydrogen-bond donors (Lipinski definition) is 3. The molecule has 0 aliphatic carbocycles. The summed E-state index contributed by atoms with van der Waals surface area (Å²) in [5, 5.41) is 10.2. The zero-order valence-electron chi connectivity index (χ0n) is 14.6. The first-order chi connectivity index (χ1) is 12.2. The Morgan fingerprint density at radius 2 is 1.92 bits per heavy atom. The molecule has 2 aliphatic rings. The molecule has 2 heterocycles. The summed E-state index contributed by atoms with van der Waals surface area (Å²) in [4.78, 5) is 16.5. The molecule has 7 nitrogen and oxygen atoms in total. The molecule has 0 spiro atoms. The van der Waals surface area contributed by atoms with Crippen molar-refractivity contribution < 1.29 is 14.6 Å². The van der Waals surface area contributed by atoms with Crippen LogP contribution in [0.1, 0.15) is 5.56 Å². The Hall–Kier alpha value is -1.51. The first-order valence-electron chi connectivity index (χ1n) is 8.99. The second-order valence-electron chi connectivity index (χ2n) is 6.74. The number of β-amino-alcohol motifs (C(OH)–C–C–N with tert-alkyl or cyclic N) is 1.